The number of hydrogen-bond donors (Lipinski definition) is 2. The highest BCUT2D eigenvalue weighted by Crippen LogP contribution is 2.55. The quantitative estimate of drug-likeness (QED) is 0.869. The third-order valence-electron chi connectivity index (χ3n) is 5.42. The molecule has 4 aliphatic rings. The molecule has 0 aliphatic heterocycles. The summed E-state index contributed by atoms with van der Waals surface area (Å²) in [5.41, 5.74) is 0.124. The van der Waals surface area contributed by atoms with Crippen LogP contribution in [0.2, 0.25) is 0 Å². The molecular weight excluding hydrogens is 252 g/mol. The summed E-state index contributed by atoms with van der Waals surface area (Å²) in [6, 6.07) is 3.15. The number of nitrogens with zero attached hydrogens (tertiary/aromatic N) is 1. The van der Waals surface area contributed by atoms with Crippen molar-refractivity contribution >= 4 is 5.91 Å². The second-order valence-corrected chi connectivity index (χ2v) is 7.02. The Labute approximate surface area is 118 Å². The first-order valence-corrected chi connectivity index (χ1v) is 7.60. The Kier molecular flexibility index (Phi) is 2.56. The molecule has 1 aromatic heterocycles. The lowest BCUT2D eigenvalue weighted by molar-refractivity contribution is -0.0168. The van der Waals surface area contributed by atoms with E-state index in [-0.39, 0.29) is 22.9 Å². The number of rotatable bonds is 2. The zero-order valence-corrected chi connectivity index (χ0v) is 11.5. The Hall–Kier alpha value is -1.58. The molecule has 1 aromatic rings. The summed E-state index contributed by atoms with van der Waals surface area (Å²) in [4.78, 5) is 16.4. The smallest absolute Gasteiger partial charge is 0.274 e. The van der Waals surface area contributed by atoms with Gasteiger partial charge in [0.2, 0.25) is 0 Å². The minimum absolute atomic E-state index is 0.0319. The van der Waals surface area contributed by atoms with Crippen molar-refractivity contribution in [3.05, 3.63) is 24.0 Å². The average molecular weight is 272 g/mol. The van der Waals surface area contributed by atoms with Crippen LogP contribution < -0.4 is 5.32 Å². The van der Waals surface area contributed by atoms with Gasteiger partial charge < -0.3 is 10.4 Å². The predicted molar refractivity (Wildman–Crippen MR) is 74.3 cm³/mol. The van der Waals surface area contributed by atoms with Gasteiger partial charge in [0.15, 0.2) is 5.69 Å². The van der Waals surface area contributed by atoms with E-state index in [0.717, 1.165) is 37.0 Å². The first-order chi connectivity index (χ1) is 9.63. The molecule has 0 aromatic carbocycles. The number of pyridine rings is 1. The van der Waals surface area contributed by atoms with E-state index in [1.807, 2.05) is 0 Å². The van der Waals surface area contributed by atoms with Crippen LogP contribution in [0.5, 0.6) is 5.75 Å². The number of nitrogens with one attached hydrogen (secondary N) is 1. The Bertz CT molecular complexity index is 520. The zero-order valence-electron chi connectivity index (χ0n) is 11.5. The largest absolute Gasteiger partial charge is 0.505 e. The molecule has 0 spiro atoms. The number of amides is 1. The number of carbonyl (C=O) groups is 1. The van der Waals surface area contributed by atoms with Crippen LogP contribution in [0.4, 0.5) is 0 Å². The highest BCUT2D eigenvalue weighted by atomic mass is 16.3. The van der Waals surface area contributed by atoms with Gasteiger partial charge >= 0.3 is 0 Å². The third-order valence-corrected chi connectivity index (χ3v) is 5.42. The van der Waals surface area contributed by atoms with E-state index < -0.39 is 0 Å². The van der Waals surface area contributed by atoms with Crippen molar-refractivity contribution in [3.63, 3.8) is 0 Å². The molecule has 5 rings (SSSR count). The summed E-state index contributed by atoms with van der Waals surface area (Å²) in [6.45, 7) is 0. The molecule has 4 nitrogen and oxygen atoms in total. The standard InChI is InChI=1S/C16H20N2O2/c19-13-2-1-3-17-14(13)15(20)18-16-7-10-4-11(8-16)6-12(5-10)9-16/h1-3,10-12,19H,4-9H2,(H,18,20). The van der Waals surface area contributed by atoms with Crippen molar-refractivity contribution in [1.29, 1.82) is 0 Å². The summed E-state index contributed by atoms with van der Waals surface area (Å²) < 4.78 is 0. The van der Waals surface area contributed by atoms with Gasteiger partial charge in [-0.2, -0.15) is 0 Å². The van der Waals surface area contributed by atoms with Crippen LogP contribution in [0.1, 0.15) is 49.0 Å². The molecule has 4 bridgehead atoms. The molecule has 0 atom stereocenters. The monoisotopic (exact) mass is 272 g/mol. The summed E-state index contributed by atoms with van der Waals surface area (Å²) in [5.74, 6) is 2.12. The van der Waals surface area contributed by atoms with Gasteiger partial charge in [-0.25, -0.2) is 4.98 Å². The van der Waals surface area contributed by atoms with Gasteiger partial charge in [-0.3, -0.25) is 4.79 Å². The van der Waals surface area contributed by atoms with E-state index in [0.29, 0.717) is 0 Å². The van der Waals surface area contributed by atoms with E-state index in [9.17, 15) is 9.90 Å². The predicted octanol–water partition coefficient (Wildman–Crippen LogP) is 2.49. The van der Waals surface area contributed by atoms with E-state index >= 15 is 0 Å². The summed E-state index contributed by atoms with van der Waals surface area (Å²) >= 11 is 0. The highest BCUT2D eigenvalue weighted by Gasteiger charge is 2.51. The molecule has 4 saturated carbocycles. The van der Waals surface area contributed by atoms with Crippen LogP contribution in [0.25, 0.3) is 0 Å². The lowest BCUT2D eigenvalue weighted by atomic mass is 9.53. The Balaban J connectivity index is 1.57. The van der Waals surface area contributed by atoms with Crippen molar-refractivity contribution < 1.29 is 9.90 Å². The van der Waals surface area contributed by atoms with Crippen LogP contribution in [0.3, 0.4) is 0 Å². The van der Waals surface area contributed by atoms with Gasteiger partial charge in [-0.15, -0.1) is 0 Å². The Morgan fingerprint density at radius 3 is 2.35 bits per heavy atom. The van der Waals surface area contributed by atoms with E-state index in [4.69, 9.17) is 0 Å². The van der Waals surface area contributed by atoms with Gasteiger partial charge in [0.05, 0.1) is 0 Å². The van der Waals surface area contributed by atoms with Crippen LogP contribution in [-0.4, -0.2) is 21.5 Å². The molecule has 4 heteroatoms. The summed E-state index contributed by atoms with van der Waals surface area (Å²) in [6.07, 6.45) is 8.93. The normalized spacial score (nSPS) is 37.9. The van der Waals surface area contributed by atoms with Gasteiger partial charge in [-0.05, 0) is 68.4 Å². The fourth-order valence-electron chi connectivity index (χ4n) is 5.14. The van der Waals surface area contributed by atoms with Crippen molar-refractivity contribution in [1.82, 2.24) is 10.3 Å². The molecular formula is C16H20N2O2. The fourth-order valence-corrected chi connectivity index (χ4v) is 5.14. The second kappa shape index (κ2) is 4.21. The molecule has 1 heterocycles. The topological polar surface area (TPSA) is 62.2 Å². The van der Waals surface area contributed by atoms with Crippen molar-refractivity contribution in [2.45, 2.75) is 44.1 Å². The molecule has 0 radical (unpaired) electrons. The van der Waals surface area contributed by atoms with Crippen molar-refractivity contribution in [2.75, 3.05) is 0 Å². The maximum Gasteiger partial charge on any atom is 0.274 e. The van der Waals surface area contributed by atoms with Crippen LogP contribution >= 0.6 is 0 Å². The molecule has 4 aliphatic carbocycles. The zero-order chi connectivity index (χ0) is 13.7. The second-order valence-electron chi connectivity index (χ2n) is 7.02. The SMILES string of the molecule is O=C(NC12CC3CC(CC(C3)C1)C2)c1ncccc1O. The van der Waals surface area contributed by atoms with E-state index in [1.54, 1.807) is 12.3 Å². The van der Waals surface area contributed by atoms with E-state index in [2.05, 4.69) is 10.3 Å². The minimum atomic E-state index is -0.218. The molecule has 4 fully saturated rings. The number of hydrogen-bond acceptors (Lipinski definition) is 3. The Morgan fingerprint density at radius 1 is 1.20 bits per heavy atom. The lowest BCUT2D eigenvalue weighted by Gasteiger charge is -2.56. The first kappa shape index (κ1) is 12.2. The first-order valence-electron chi connectivity index (χ1n) is 7.60. The number of aromatic nitrogens is 1. The highest BCUT2D eigenvalue weighted by molar-refractivity contribution is 5.95. The van der Waals surface area contributed by atoms with Crippen LogP contribution in [-0.2, 0) is 0 Å². The molecule has 1 amide bonds. The van der Waals surface area contributed by atoms with Gasteiger partial charge in [0.1, 0.15) is 5.75 Å². The molecule has 2 N–H and O–H groups in total. The number of aromatic hydroxyl groups is 1. The third kappa shape index (κ3) is 1.89. The van der Waals surface area contributed by atoms with Gasteiger partial charge in [0, 0.05) is 11.7 Å². The lowest BCUT2D eigenvalue weighted by Crippen LogP contribution is -2.59. The van der Waals surface area contributed by atoms with Gasteiger partial charge in [0.25, 0.3) is 5.91 Å². The van der Waals surface area contributed by atoms with Gasteiger partial charge in [-0.1, -0.05) is 0 Å². The molecule has 0 unspecified atom stereocenters. The number of carbonyl (C=O) groups excluding carboxylic acids is 1. The van der Waals surface area contributed by atoms with Crippen molar-refractivity contribution in [3.8, 4) is 5.75 Å². The van der Waals surface area contributed by atoms with Crippen molar-refractivity contribution in [2.24, 2.45) is 17.8 Å². The maximum absolute atomic E-state index is 12.4. The maximum atomic E-state index is 12.4. The van der Waals surface area contributed by atoms with Crippen LogP contribution in [0.15, 0.2) is 18.3 Å². The van der Waals surface area contributed by atoms with E-state index in [1.165, 1.54) is 25.3 Å². The minimum Gasteiger partial charge on any atom is -0.505 e. The van der Waals surface area contributed by atoms with Crippen LogP contribution in [0, 0.1) is 17.8 Å². The average Bonchev–Trinajstić information content (AvgIpc) is 2.36. The molecule has 0 saturated heterocycles. The molecule has 106 valence electrons. The molecule has 20 heavy (non-hydrogen) atoms. The summed E-state index contributed by atoms with van der Waals surface area (Å²) in [7, 11) is 0. The summed E-state index contributed by atoms with van der Waals surface area (Å²) in [5, 5.41) is 13.0. The Morgan fingerprint density at radius 2 is 1.80 bits per heavy atom. The fraction of sp³-hybridized carbons (Fsp3) is 0.625.